The lowest BCUT2D eigenvalue weighted by molar-refractivity contribution is -0.289. The number of rotatable bonds is 8. The third kappa shape index (κ3) is 6.43. The smallest absolute Gasteiger partial charge is 0.438 e. The van der Waals surface area contributed by atoms with Crippen molar-refractivity contribution in [3.05, 3.63) is 77.4 Å². The van der Waals surface area contributed by atoms with Crippen molar-refractivity contribution >= 4 is 16.9 Å². The van der Waals surface area contributed by atoms with Gasteiger partial charge in [-0.15, -0.1) is 0 Å². The molecule has 8 nitrogen and oxygen atoms in total. The number of hydrogen-bond donors (Lipinski definition) is 1. The van der Waals surface area contributed by atoms with Crippen LogP contribution in [0.4, 0.5) is 32.3 Å². The van der Waals surface area contributed by atoms with Crippen LogP contribution in [0.2, 0.25) is 0 Å². The zero-order valence-corrected chi connectivity index (χ0v) is 24.6. The van der Waals surface area contributed by atoms with Crippen molar-refractivity contribution in [2.75, 3.05) is 24.9 Å². The molecule has 2 aromatic carbocycles. The van der Waals surface area contributed by atoms with Gasteiger partial charge in [0, 0.05) is 18.8 Å². The number of alkyl halides is 5. The minimum Gasteiger partial charge on any atom is -0.438 e. The Kier molecular flexibility index (Phi) is 8.71. The van der Waals surface area contributed by atoms with Crippen LogP contribution >= 0.6 is 0 Å². The number of piperidine rings is 1. The van der Waals surface area contributed by atoms with Gasteiger partial charge in [0.25, 0.3) is 0 Å². The van der Waals surface area contributed by atoms with Gasteiger partial charge in [-0.05, 0) is 75.1 Å². The molecule has 0 amide bonds. The van der Waals surface area contributed by atoms with Gasteiger partial charge in [0.2, 0.25) is 11.8 Å². The molecule has 1 aliphatic rings. The molecular formula is C29H28F6N6O2S. The molecule has 0 saturated carbocycles. The molecule has 5 rings (SSSR count). The van der Waals surface area contributed by atoms with Crippen molar-refractivity contribution in [3.8, 4) is 22.9 Å². The standard InChI is InChI=1S/C29H28F6N6O2S/c1-17-6-4-5-7-21(17)25-24(28(31,32)29(33,34)35)26(38-27(37-25)39-44(42)20-15-36-41(3)16-20)43-19-8-9-23(30)22(14-19)18-10-12-40(2)13-11-18/h4-9,14-16,18H,10-13H2,1-3H3,(H,37,38,39). The number of nitrogens with zero attached hydrogens (tertiary/aromatic N) is 5. The molecule has 2 aromatic heterocycles. The fraction of sp³-hybridized carbons (Fsp3) is 0.345. The molecule has 1 N–H and O–H groups in total. The first-order valence-corrected chi connectivity index (χ1v) is 14.7. The van der Waals surface area contributed by atoms with Gasteiger partial charge >= 0.3 is 12.1 Å². The lowest BCUT2D eigenvalue weighted by atomic mass is 9.89. The highest BCUT2D eigenvalue weighted by Crippen LogP contribution is 2.51. The topological polar surface area (TPSA) is 85.2 Å². The first-order valence-electron chi connectivity index (χ1n) is 13.5. The number of ether oxygens (including phenoxy) is 1. The summed E-state index contributed by atoms with van der Waals surface area (Å²) in [4.78, 5) is 10.1. The largest absolute Gasteiger partial charge is 0.458 e. The maximum atomic E-state index is 15.4. The molecule has 15 heteroatoms. The molecule has 3 heterocycles. The SMILES string of the molecule is Cc1ccccc1-c1nc(NS(=O)c2cnn(C)c2)nc(Oc2ccc(F)c(C3CCN(C)CC3)c2)c1C(F)(F)C(F)(F)F. The molecule has 1 atom stereocenters. The second kappa shape index (κ2) is 12.2. The number of likely N-dealkylation sites (tertiary alicyclic amines) is 1. The van der Waals surface area contributed by atoms with Gasteiger partial charge in [-0.3, -0.25) is 9.40 Å². The van der Waals surface area contributed by atoms with Crippen LogP contribution in [0.1, 0.15) is 35.4 Å². The summed E-state index contributed by atoms with van der Waals surface area (Å²) in [5.74, 6) is -8.11. The molecule has 234 valence electrons. The van der Waals surface area contributed by atoms with Gasteiger partial charge in [0.05, 0.1) is 16.8 Å². The maximum absolute atomic E-state index is 15.4. The molecule has 1 fully saturated rings. The molecule has 0 spiro atoms. The zero-order chi connectivity index (χ0) is 31.8. The molecule has 0 aliphatic carbocycles. The molecule has 0 radical (unpaired) electrons. The van der Waals surface area contributed by atoms with E-state index in [1.807, 2.05) is 7.05 Å². The van der Waals surface area contributed by atoms with Gasteiger partial charge in [0.1, 0.15) is 17.1 Å². The molecule has 1 aliphatic heterocycles. The average Bonchev–Trinajstić information content (AvgIpc) is 3.40. The van der Waals surface area contributed by atoms with E-state index in [0.717, 1.165) is 12.1 Å². The first kappa shape index (κ1) is 31.4. The normalized spacial score (nSPS) is 15.8. The molecule has 4 aromatic rings. The summed E-state index contributed by atoms with van der Waals surface area (Å²) in [6.07, 6.45) is -2.13. The van der Waals surface area contributed by atoms with Crippen LogP contribution in [0, 0.1) is 12.7 Å². The van der Waals surface area contributed by atoms with Gasteiger partial charge in [0.15, 0.2) is 11.0 Å². The molecule has 1 unspecified atom stereocenters. The lowest BCUT2D eigenvalue weighted by Gasteiger charge is -2.29. The summed E-state index contributed by atoms with van der Waals surface area (Å²) in [6.45, 7) is 2.92. The Morgan fingerprint density at radius 3 is 2.36 bits per heavy atom. The Bertz CT molecular complexity index is 1690. The molecular weight excluding hydrogens is 610 g/mol. The second-order valence-electron chi connectivity index (χ2n) is 10.5. The van der Waals surface area contributed by atoms with Crippen molar-refractivity contribution in [1.29, 1.82) is 0 Å². The van der Waals surface area contributed by atoms with Crippen LogP contribution in [0.3, 0.4) is 0 Å². The van der Waals surface area contributed by atoms with E-state index in [0.29, 0.717) is 31.5 Å². The Labute approximate surface area is 251 Å². The summed E-state index contributed by atoms with van der Waals surface area (Å²) in [5, 5.41) is 3.92. The van der Waals surface area contributed by atoms with Crippen LogP contribution in [-0.2, 0) is 24.0 Å². The molecule has 44 heavy (non-hydrogen) atoms. The molecule has 0 bridgehead atoms. The Balaban J connectivity index is 1.68. The van der Waals surface area contributed by atoms with E-state index >= 15 is 8.78 Å². The third-order valence-corrected chi connectivity index (χ3v) is 8.37. The highest BCUT2D eigenvalue weighted by molar-refractivity contribution is 7.86. The van der Waals surface area contributed by atoms with Crippen molar-refractivity contribution in [1.82, 2.24) is 24.6 Å². The molecule has 1 saturated heterocycles. The Morgan fingerprint density at radius 2 is 1.73 bits per heavy atom. The summed E-state index contributed by atoms with van der Waals surface area (Å²) in [7, 11) is 1.44. The number of anilines is 1. The van der Waals surface area contributed by atoms with E-state index in [2.05, 4.69) is 24.7 Å². The number of aryl methyl sites for hydroxylation is 2. The van der Waals surface area contributed by atoms with E-state index in [-0.39, 0.29) is 27.7 Å². The quantitative estimate of drug-likeness (QED) is 0.216. The van der Waals surface area contributed by atoms with E-state index in [4.69, 9.17) is 4.74 Å². The number of aromatic nitrogens is 4. The van der Waals surface area contributed by atoms with Gasteiger partial charge < -0.3 is 9.64 Å². The summed E-state index contributed by atoms with van der Waals surface area (Å²) in [6, 6.07) is 9.37. The van der Waals surface area contributed by atoms with Crippen molar-refractivity contribution in [3.63, 3.8) is 0 Å². The highest BCUT2D eigenvalue weighted by Gasteiger charge is 2.62. The van der Waals surface area contributed by atoms with E-state index in [1.54, 1.807) is 13.1 Å². The van der Waals surface area contributed by atoms with E-state index in [9.17, 15) is 21.8 Å². The van der Waals surface area contributed by atoms with Crippen LogP contribution < -0.4 is 9.46 Å². The van der Waals surface area contributed by atoms with Crippen molar-refractivity contribution in [2.45, 2.75) is 42.7 Å². The lowest BCUT2D eigenvalue weighted by Crippen LogP contribution is -2.35. The fourth-order valence-corrected chi connectivity index (χ4v) is 5.75. The van der Waals surface area contributed by atoms with Crippen LogP contribution in [0.25, 0.3) is 11.3 Å². The van der Waals surface area contributed by atoms with Crippen molar-refractivity contribution < 1.29 is 35.3 Å². The van der Waals surface area contributed by atoms with Crippen LogP contribution in [-0.4, -0.2) is 55.2 Å². The van der Waals surface area contributed by atoms with Crippen LogP contribution in [0.15, 0.2) is 59.8 Å². The third-order valence-electron chi connectivity index (χ3n) is 7.37. The van der Waals surface area contributed by atoms with Crippen molar-refractivity contribution in [2.24, 2.45) is 7.05 Å². The second-order valence-corrected chi connectivity index (χ2v) is 11.8. The monoisotopic (exact) mass is 638 g/mol. The first-order chi connectivity index (χ1) is 20.7. The van der Waals surface area contributed by atoms with E-state index < -0.39 is 52.0 Å². The number of halogens is 6. The van der Waals surface area contributed by atoms with Gasteiger partial charge in [-0.1, -0.05) is 24.3 Å². The van der Waals surface area contributed by atoms with E-state index in [1.165, 1.54) is 48.3 Å². The predicted octanol–water partition coefficient (Wildman–Crippen LogP) is 6.71. The number of benzene rings is 2. The average molecular weight is 639 g/mol. The summed E-state index contributed by atoms with van der Waals surface area (Å²) in [5.41, 5.74) is -1.88. The number of hydrogen-bond acceptors (Lipinski definition) is 6. The minimum absolute atomic E-state index is 0.0556. The van der Waals surface area contributed by atoms with Crippen LogP contribution in [0.5, 0.6) is 11.6 Å². The zero-order valence-electron chi connectivity index (χ0n) is 23.8. The Morgan fingerprint density at radius 1 is 1.02 bits per heavy atom. The highest BCUT2D eigenvalue weighted by atomic mass is 32.2. The number of nitrogens with one attached hydrogen (secondary N) is 1. The summed E-state index contributed by atoms with van der Waals surface area (Å²) < 4.78 is 110. The maximum Gasteiger partial charge on any atom is 0.458 e. The van der Waals surface area contributed by atoms with Gasteiger partial charge in [-0.25, -0.2) is 13.6 Å². The summed E-state index contributed by atoms with van der Waals surface area (Å²) >= 11 is 0. The van der Waals surface area contributed by atoms with Gasteiger partial charge in [-0.2, -0.15) is 32.0 Å². The Hall–Kier alpha value is -3.98. The predicted molar refractivity (Wildman–Crippen MR) is 151 cm³/mol. The minimum atomic E-state index is -6.05. The fourth-order valence-electron chi connectivity index (χ4n) is 4.98.